The highest BCUT2D eigenvalue weighted by molar-refractivity contribution is 5.76. The Labute approximate surface area is 210 Å². The molecule has 7 nitrogen and oxygen atoms in total. The average molecular weight is 485 g/mol. The largest absolute Gasteiger partial charge is 0.383 e. The van der Waals surface area contributed by atoms with Crippen LogP contribution in [-0.2, 0) is 16.1 Å². The summed E-state index contributed by atoms with van der Waals surface area (Å²) in [6.45, 7) is 4.94. The molecule has 3 unspecified atom stereocenters. The first-order chi connectivity index (χ1) is 17.1. The van der Waals surface area contributed by atoms with E-state index in [0.717, 1.165) is 51.9 Å². The molecule has 1 aliphatic carbocycles. The van der Waals surface area contributed by atoms with Crippen molar-refractivity contribution in [2.45, 2.75) is 76.4 Å². The molecular formula is C28H44N4O3. The first-order valence-corrected chi connectivity index (χ1v) is 13.7. The van der Waals surface area contributed by atoms with Crippen molar-refractivity contribution in [3.05, 3.63) is 35.9 Å². The number of benzene rings is 1. The molecular weight excluding hydrogens is 440 g/mol. The molecule has 0 radical (unpaired) electrons. The molecule has 0 spiro atoms. The zero-order valence-corrected chi connectivity index (χ0v) is 21.4. The number of likely N-dealkylation sites (tertiary alicyclic amines) is 2. The maximum Gasteiger partial charge on any atom is 0.317 e. The number of amides is 3. The van der Waals surface area contributed by atoms with Gasteiger partial charge < -0.3 is 20.3 Å². The molecule has 3 aliphatic rings. The Balaban J connectivity index is 1.38. The van der Waals surface area contributed by atoms with Crippen molar-refractivity contribution < 1.29 is 14.3 Å². The maximum atomic E-state index is 13.5. The zero-order chi connectivity index (χ0) is 24.5. The van der Waals surface area contributed by atoms with E-state index in [1.165, 1.54) is 31.2 Å². The highest BCUT2D eigenvalue weighted by Crippen LogP contribution is 2.36. The SMILES string of the molecule is COCCNC(=O)CCCC1C2CC(CN(Cc3ccccc3)C2)CN1C(=O)NC1CCCCC1. The summed E-state index contributed by atoms with van der Waals surface area (Å²) < 4.78 is 5.02. The van der Waals surface area contributed by atoms with Gasteiger partial charge in [0.15, 0.2) is 0 Å². The van der Waals surface area contributed by atoms with Crippen LogP contribution in [0.15, 0.2) is 30.3 Å². The smallest absolute Gasteiger partial charge is 0.317 e. The summed E-state index contributed by atoms with van der Waals surface area (Å²) in [5, 5.41) is 6.29. The number of rotatable bonds is 10. The standard InChI is InChI=1S/C28H44N4O3/c1-35-16-15-29-27(33)14-8-13-26-24-17-23(19-31(21-24)18-22-9-4-2-5-10-22)20-32(26)28(34)30-25-11-6-3-7-12-25/h2,4-5,9-10,23-26H,3,6-8,11-21H2,1H3,(H,29,33)(H,30,34). The van der Waals surface area contributed by atoms with Crippen molar-refractivity contribution in [3.8, 4) is 0 Å². The number of urea groups is 1. The molecule has 4 rings (SSSR count). The third-order valence-electron chi connectivity index (χ3n) is 8.02. The molecule has 3 fully saturated rings. The van der Waals surface area contributed by atoms with Gasteiger partial charge in [0.1, 0.15) is 0 Å². The van der Waals surface area contributed by atoms with Crippen LogP contribution in [0.4, 0.5) is 4.79 Å². The van der Waals surface area contributed by atoms with Crippen LogP contribution in [0.2, 0.25) is 0 Å². The minimum atomic E-state index is 0.0725. The van der Waals surface area contributed by atoms with Gasteiger partial charge >= 0.3 is 6.03 Å². The molecule has 1 aromatic rings. The molecule has 3 atom stereocenters. The number of ether oxygens (including phenoxy) is 1. The molecule has 35 heavy (non-hydrogen) atoms. The molecule has 2 N–H and O–H groups in total. The van der Waals surface area contributed by atoms with E-state index >= 15 is 0 Å². The molecule has 2 aliphatic heterocycles. The lowest BCUT2D eigenvalue weighted by Gasteiger charge is -2.51. The van der Waals surface area contributed by atoms with E-state index in [0.29, 0.717) is 37.5 Å². The van der Waals surface area contributed by atoms with Crippen LogP contribution in [0.3, 0.4) is 0 Å². The second-order valence-electron chi connectivity index (χ2n) is 10.8. The van der Waals surface area contributed by atoms with Crippen molar-refractivity contribution in [2.24, 2.45) is 11.8 Å². The minimum absolute atomic E-state index is 0.0725. The fourth-order valence-electron chi connectivity index (χ4n) is 6.38. The van der Waals surface area contributed by atoms with E-state index in [2.05, 4.69) is 50.8 Å². The van der Waals surface area contributed by atoms with E-state index < -0.39 is 0 Å². The Morgan fingerprint density at radius 3 is 2.63 bits per heavy atom. The lowest BCUT2D eigenvalue weighted by Crippen LogP contribution is -2.61. The number of hydrogen-bond donors (Lipinski definition) is 2. The molecule has 1 saturated carbocycles. The predicted octanol–water partition coefficient (Wildman–Crippen LogP) is 3.78. The highest BCUT2D eigenvalue weighted by Gasteiger charge is 2.42. The van der Waals surface area contributed by atoms with Gasteiger partial charge in [-0.1, -0.05) is 49.6 Å². The second-order valence-corrected chi connectivity index (χ2v) is 10.8. The molecule has 2 heterocycles. The Kier molecular flexibility index (Phi) is 9.83. The average Bonchev–Trinajstić information content (AvgIpc) is 2.86. The summed E-state index contributed by atoms with van der Waals surface area (Å²) in [5.74, 6) is 1.05. The number of piperidine rings is 2. The van der Waals surface area contributed by atoms with Gasteiger partial charge in [-0.3, -0.25) is 9.69 Å². The summed E-state index contributed by atoms with van der Waals surface area (Å²) in [5.41, 5.74) is 1.35. The van der Waals surface area contributed by atoms with Crippen molar-refractivity contribution in [1.29, 1.82) is 0 Å². The molecule has 194 valence electrons. The van der Waals surface area contributed by atoms with Crippen molar-refractivity contribution in [1.82, 2.24) is 20.4 Å². The number of nitrogens with one attached hydrogen (secondary N) is 2. The fraction of sp³-hybridized carbons (Fsp3) is 0.714. The molecule has 7 heteroatoms. The number of fused-ring (bicyclic) bond motifs is 2. The monoisotopic (exact) mass is 484 g/mol. The topological polar surface area (TPSA) is 73.9 Å². The van der Waals surface area contributed by atoms with Gasteiger partial charge in [-0.05, 0) is 49.5 Å². The number of carbonyl (C=O) groups is 2. The molecule has 1 aromatic carbocycles. The Morgan fingerprint density at radius 1 is 1.06 bits per heavy atom. The third-order valence-corrected chi connectivity index (χ3v) is 8.02. The van der Waals surface area contributed by atoms with E-state index in [1.807, 2.05) is 0 Å². The maximum absolute atomic E-state index is 13.5. The van der Waals surface area contributed by atoms with Gasteiger partial charge in [0.05, 0.1) is 6.61 Å². The van der Waals surface area contributed by atoms with Gasteiger partial charge in [-0.15, -0.1) is 0 Å². The summed E-state index contributed by atoms with van der Waals surface area (Å²) in [7, 11) is 1.64. The van der Waals surface area contributed by atoms with Gasteiger partial charge in [0, 0.05) is 58.3 Å². The van der Waals surface area contributed by atoms with Crippen LogP contribution in [0.1, 0.15) is 63.4 Å². The Morgan fingerprint density at radius 2 is 1.86 bits per heavy atom. The summed E-state index contributed by atoms with van der Waals surface area (Å²) >= 11 is 0. The van der Waals surface area contributed by atoms with E-state index in [1.54, 1.807) is 7.11 Å². The highest BCUT2D eigenvalue weighted by atomic mass is 16.5. The predicted molar refractivity (Wildman–Crippen MR) is 138 cm³/mol. The van der Waals surface area contributed by atoms with Gasteiger partial charge in [0.2, 0.25) is 5.91 Å². The molecule has 0 aromatic heterocycles. The lowest BCUT2D eigenvalue weighted by atomic mass is 9.77. The first-order valence-electron chi connectivity index (χ1n) is 13.7. The summed E-state index contributed by atoms with van der Waals surface area (Å²) in [6.07, 6.45) is 9.28. The van der Waals surface area contributed by atoms with E-state index in [9.17, 15) is 9.59 Å². The first kappa shape index (κ1) is 26.0. The van der Waals surface area contributed by atoms with Crippen LogP contribution >= 0.6 is 0 Å². The zero-order valence-electron chi connectivity index (χ0n) is 21.4. The van der Waals surface area contributed by atoms with Crippen LogP contribution < -0.4 is 10.6 Å². The molecule has 2 bridgehead atoms. The number of nitrogens with zero attached hydrogens (tertiary/aromatic N) is 2. The second kappa shape index (κ2) is 13.3. The molecule has 2 saturated heterocycles. The molecule has 3 amide bonds. The normalized spacial score (nSPS) is 25.3. The van der Waals surface area contributed by atoms with E-state index in [-0.39, 0.29) is 18.0 Å². The van der Waals surface area contributed by atoms with Crippen molar-refractivity contribution >= 4 is 11.9 Å². The van der Waals surface area contributed by atoms with Gasteiger partial charge in [-0.2, -0.15) is 0 Å². The van der Waals surface area contributed by atoms with Gasteiger partial charge in [0.25, 0.3) is 0 Å². The van der Waals surface area contributed by atoms with Gasteiger partial charge in [-0.25, -0.2) is 4.79 Å². The van der Waals surface area contributed by atoms with Crippen molar-refractivity contribution in [2.75, 3.05) is 39.9 Å². The van der Waals surface area contributed by atoms with Crippen LogP contribution in [-0.4, -0.2) is 73.7 Å². The Hall–Kier alpha value is -2.12. The van der Waals surface area contributed by atoms with Crippen LogP contribution in [0.5, 0.6) is 0 Å². The fourth-order valence-corrected chi connectivity index (χ4v) is 6.38. The van der Waals surface area contributed by atoms with Crippen molar-refractivity contribution in [3.63, 3.8) is 0 Å². The lowest BCUT2D eigenvalue weighted by molar-refractivity contribution is -0.121. The summed E-state index contributed by atoms with van der Waals surface area (Å²) in [4.78, 5) is 30.4. The minimum Gasteiger partial charge on any atom is -0.383 e. The third kappa shape index (κ3) is 7.68. The number of carbonyl (C=O) groups excluding carboxylic acids is 2. The Bertz CT molecular complexity index is 799. The number of hydrogen-bond acceptors (Lipinski definition) is 4. The van der Waals surface area contributed by atoms with Crippen LogP contribution in [0.25, 0.3) is 0 Å². The summed E-state index contributed by atoms with van der Waals surface area (Å²) in [6, 6.07) is 11.3. The van der Waals surface area contributed by atoms with E-state index in [4.69, 9.17) is 4.74 Å². The quantitative estimate of drug-likeness (QED) is 0.496. The number of methoxy groups -OCH3 is 1. The van der Waals surface area contributed by atoms with Crippen LogP contribution in [0, 0.1) is 11.8 Å².